The summed E-state index contributed by atoms with van der Waals surface area (Å²) in [6.45, 7) is 5.78. The van der Waals surface area contributed by atoms with Crippen LogP contribution in [0.15, 0.2) is 18.2 Å². The third-order valence-corrected chi connectivity index (χ3v) is 4.72. The average molecular weight is 288 g/mol. The minimum Gasteiger partial charge on any atom is -0.398 e. The third kappa shape index (κ3) is 5.35. The summed E-state index contributed by atoms with van der Waals surface area (Å²) in [5, 5.41) is 0. The monoisotopic (exact) mass is 288 g/mol. The molecule has 0 spiro atoms. The van der Waals surface area contributed by atoms with E-state index in [1.807, 2.05) is 6.07 Å². The van der Waals surface area contributed by atoms with E-state index in [4.69, 9.17) is 5.73 Å². The molecule has 0 radical (unpaired) electrons. The van der Waals surface area contributed by atoms with Crippen molar-refractivity contribution in [2.24, 2.45) is 0 Å². The summed E-state index contributed by atoms with van der Waals surface area (Å²) >= 11 is 0. The minimum absolute atomic E-state index is 0.980. The van der Waals surface area contributed by atoms with Gasteiger partial charge < -0.3 is 5.73 Å². The number of hydrogen-bond donors (Lipinski definition) is 1. The van der Waals surface area contributed by atoms with E-state index in [9.17, 15) is 0 Å². The van der Waals surface area contributed by atoms with E-state index in [1.54, 1.807) is 0 Å². The van der Waals surface area contributed by atoms with E-state index in [-0.39, 0.29) is 0 Å². The van der Waals surface area contributed by atoms with Gasteiger partial charge in [0.05, 0.1) is 0 Å². The van der Waals surface area contributed by atoms with Crippen LogP contribution < -0.4 is 5.73 Å². The molecule has 2 heteroatoms. The fourth-order valence-electron chi connectivity index (χ4n) is 3.32. The van der Waals surface area contributed by atoms with Crippen molar-refractivity contribution >= 4 is 5.69 Å². The topological polar surface area (TPSA) is 29.3 Å². The molecule has 1 aliphatic rings. The predicted octanol–water partition coefficient (Wildman–Crippen LogP) is 4.77. The summed E-state index contributed by atoms with van der Waals surface area (Å²) in [6, 6.07) is 6.36. The molecule has 2 N–H and O–H groups in total. The molecule has 2 rings (SSSR count). The fourth-order valence-corrected chi connectivity index (χ4v) is 3.32. The van der Waals surface area contributed by atoms with Crippen LogP contribution in [0.4, 0.5) is 5.69 Å². The Morgan fingerprint density at radius 2 is 1.71 bits per heavy atom. The van der Waals surface area contributed by atoms with Crippen molar-refractivity contribution < 1.29 is 0 Å². The van der Waals surface area contributed by atoms with Crippen LogP contribution in [-0.4, -0.2) is 18.0 Å². The highest BCUT2D eigenvalue weighted by molar-refractivity contribution is 5.51. The van der Waals surface area contributed by atoms with Gasteiger partial charge in [0.2, 0.25) is 0 Å². The number of nitrogens with two attached hydrogens (primary N) is 1. The Bertz CT molecular complexity index is 414. The van der Waals surface area contributed by atoms with Gasteiger partial charge in [0, 0.05) is 18.8 Å². The Labute approximate surface area is 130 Å². The zero-order valence-electron chi connectivity index (χ0n) is 13.7. The smallest absolute Gasteiger partial charge is 0.0362 e. The SMILES string of the molecule is CCCCCCCCCCN1CCc2cccc(N)c2C1. The largest absolute Gasteiger partial charge is 0.398 e. The van der Waals surface area contributed by atoms with Gasteiger partial charge in [-0.15, -0.1) is 0 Å². The van der Waals surface area contributed by atoms with Gasteiger partial charge in [-0.1, -0.05) is 64.0 Å². The maximum absolute atomic E-state index is 6.11. The summed E-state index contributed by atoms with van der Waals surface area (Å²) in [5.41, 5.74) is 9.93. The molecule has 1 heterocycles. The highest BCUT2D eigenvalue weighted by Gasteiger charge is 2.17. The lowest BCUT2D eigenvalue weighted by molar-refractivity contribution is 0.248. The maximum atomic E-state index is 6.11. The molecule has 0 aromatic heterocycles. The van der Waals surface area contributed by atoms with Gasteiger partial charge in [0.1, 0.15) is 0 Å². The highest BCUT2D eigenvalue weighted by Crippen LogP contribution is 2.24. The number of fused-ring (bicyclic) bond motifs is 1. The maximum Gasteiger partial charge on any atom is 0.0362 e. The Kier molecular flexibility index (Phi) is 7.08. The van der Waals surface area contributed by atoms with Crippen LogP contribution in [0.25, 0.3) is 0 Å². The first kappa shape index (κ1) is 16.4. The zero-order valence-corrected chi connectivity index (χ0v) is 13.7. The molecule has 0 fully saturated rings. The summed E-state index contributed by atoms with van der Waals surface area (Å²) in [6.07, 6.45) is 12.4. The Balaban J connectivity index is 1.59. The molecule has 118 valence electrons. The van der Waals surface area contributed by atoms with E-state index in [1.165, 1.54) is 75.6 Å². The first-order valence-corrected chi connectivity index (χ1v) is 8.90. The van der Waals surface area contributed by atoms with Gasteiger partial charge in [-0.05, 0) is 36.6 Å². The van der Waals surface area contributed by atoms with Crippen LogP contribution in [0.3, 0.4) is 0 Å². The lowest BCUT2D eigenvalue weighted by Crippen LogP contribution is -2.31. The molecule has 0 saturated carbocycles. The van der Waals surface area contributed by atoms with Gasteiger partial charge >= 0.3 is 0 Å². The number of unbranched alkanes of at least 4 members (excludes halogenated alkanes) is 7. The predicted molar refractivity (Wildman–Crippen MR) is 92.4 cm³/mol. The van der Waals surface area contributed by atoms with Crippen molar-refractivity contribution in [3.63, 3.8) is 0 Å². The molecule has 0 aliphatic carbocycles. The summed E-state index contributed by atoms with van der Waals surface area (Å²) in [4.78, 5) is 2.58. The van der Waals surface area contributed by atoms with E-state index in [2.05, 4.69) is 24.0 Å². The molecule has 21 heavy (non-hydrogen) atoms. The summed E-state index contributed by atoms with van der Waals surface area (Å²) in [5.74, 6) is 0. The van der Waals surface area contributed by atoms with Gasteiger partial charge in [-0.2, -0.15) is 0 Å². The summed E-state index contributed by atoms with van der Waals surface area (Å²) < 4.78 is 0. The first-order valence-electron chi connectivity index (χ1n) is 8.90. The van der Waals surface area contributed by atoms with Crippen LogP contribution in [0.5, 0.6) is 0 Å². The second kappa shape index (κ2) is 9.09. The van der Waals surface area contributed by atoms with E-state index >= 15 is 0 Å². The number of nitrogen functional groups attached to an aromatic ring is 1. The van der Waals surface area contributed by atoms with Gasteiger partial charge in [-0.3, -0.25) is 4.90 Å². The standard InChI is InChI=1S/C19H32N2/c1-2-3-4-5-6-7-8-9-14-21-15-13-17-11-10-12-19(20)18(17)16-21/h10-12H,2-9,13-16,20H2,1H3. The molecule has 0 unspecified atom stereocenters. The number of benzene rings is 1. The quantitative estimate of drug-likeness (QED) is 0.524. The van der Waals surface area contributed by atoms with Gasteiger partial charge in [0.25, 0.3) is 0 Å². The van der Waals surface area contributed by atoms with Crippen molar-refractivity contribution in [2.75, 3.05) is 18.8 Å². The zero-order chi connectivity index (χ0) is 14.9. The van der Waals surface area contributed by atoms with Crippen LogP contribution in [0.2, 0.25) is 0 Å². The molecule has 0 atom stereocenters. The van der Waals surface area contributed by atoms with Crippen molar-refractivity contribution in [3.8, 4) is 0 Å². The third-order valence-electron chi connectivity index (χ3n) is 4.72. The van der Waals surface area contributed by atoms with E-state index in [0.717, 1.165) is 18.7 Å². The number of nitrogens with zero attached hydrogens (tertiary/aromatic N) is 1. The molecule has 1 aromatic rings. The normalized spacial score (nSPS) is 15.1. The molecular weight excluding hydrogens is 256 g/mol. The lowest BCUT2D eigenvalue weighted by Gasteiger charge is -2.29. The van der Waals surface area contributed by atoms with Crippen LogP contribution in [0.1, 0.15) is 69.4 Å². The van der Waals surface area contributed by atoms with Gasteiger partial charge in [0.15, 0.2) is 0 Å². The molecule has 2 nitrogen and oxygen atoms in total. The highest BCUT2D eigenvalue weighted by atomic mass is 15.1. The second-order valence-corrected chi connectivity index (χ2v) is 6.49. The van der Waals surface area contributed by atoms with Crippen molar-refractivity contribution in [3.05, 3.63) is 29.3 Å². The molecule has 1 aliphatic heterocycles. The molecule has 0 bridgehead atoms. The van der Waals surface area contributed by atoms with Crippen molar-refractivity contribution in [1.82, 2.24) is 4.90 Å². The Morgan fingerprint density at radius 3 is 2.48 bits per heavy atom. The van der Waals surface area contributed by atoms with Crippen molar-refractivity contribution in [2.45, 2.75) is 71.3 Å². The first-order chi connectivity index (χ1) is 10.3. The minimum atomic E-state index is 0.980. The van der Waals surface area contributed by atoms with Crippen LogP contribution in [-0.2, 0) is 13.0 Å². The van der Waals surface area contributed by atoms with E-state index in [0.29, 0.717) is 0 Å². The van der Waals surface area contributed by atoms with Crippen LogP contribution in [0, 0.1) is 0 Å². The molecule has 0 amide bonds. The summed E-state index contributed by atoms with van der Waals surface area (Å²) in [7, 11) is 0. The fraction of sp³-hybridized carbons (Fsp3) is 0.684. The number of hydrogen-bond acceptors (Lipinski definition) is 2. The van der Waals surface area contributed by atoms with E-state index < -0.39 is 0 Å². The lowest BCUT2D eigenvalue weighted by atomic mass is 9.98. The Morgan fingerprint density at radius 1 is 1.00 bits per heavy atom. The number of anilines is 1. The Hall–Kier alpha value is -1.02. The van der Waals surface area contributed by atoms with Gasteiger partial charge in [-0.25, -0.2) is 0 Å². The van der Waals surface area contributed by atoms with Crippen molar-refractivity contribution in [1.29, 1.82) is 0 Å². The number of rotatable bonds is 9. The average Bonchev–Trinajstić information content (AvgIpc) is 2.51. The molecule has 0 saturated heterocycles. The molecular formula is C19H32N2. The molecule has 1 aromatic carbocycles. The second-order valence-electron chi connectivity index (χ2n) is 6.49. The van der Waals surface area contributed by atoms with Crippen LogP contribution >= 0.6 is 0 Å².